The van der Waals surface area contributed by atoms with Crippen LogP contribution < -0.4 is 5.69 Å². The van der Waals surface area contributed by atoms with Gasteiger partial charge < -0.3 is 14.6 Å². The van der Waals surface area contributed by atoms with Crippen LogP contribution in [0.2, 0.25) is 0 Å². The van der Waals surface area contributed by atoms with Crippen molar-refractivity contribution in [3.8, 4) is 0 Å². The summed E-state index contributed by atoms with van der Waals surface area (Å²) < 4.78 is 7.73. The van der Waals surface area contributed by atoms with Crippen LogP contribution in [0.15, 0.2) is 89.7 Å². The second kappa shape index (κ2) is 11.3. The van der Waals surface area contributed by atoms with Crippen LogP contribution in [0.25, 0.3) is 11.0 Å². The molecule has 5 rings (SSSR count). The molecule has 1 aliphatic rings. The normalized spacial score (nSPS) is 14.8. The minimum Gasteiger partial charge on any atom is -0.447 e. The van der Waals surface area contributed by atoms with Gasteiger partial charge in [0.1, 0.15) is 6.61 Å². The SMILES string of the molecule is CC(C)(COC(=O)N1CCC(n2c(=O)[nH]c3ccccc32)CC1)N(Cc1ccccc1)Cc1ccccc1. The third-order valence-corrected chi connectivity index (χ3v) is 7.55. The van der Waals surface area contributed by atoms with Crippen molar-refractivity contribution in [3.05, 3.63) is 107 Å². The zero-order valence-electron chi connectivity index (χ0n) is 22.2. The van der Waals surface area contributed by atoms with Gasteiger partial charge in [0.05, 0.1) is 16.6 Å². The highest BCUT2D eigenvalue weighted by atomic mass is 16.6. The number of ether oxygens (including phenoxy) is 1. The second-order valence-corrected chi connectivity index (χ2v) is 10.7. The van der Waals surface area contributed by atoms with Crippen LogP contribution >= 0.6 is 0 Å². The Balaban J connectivity index is 1.21. The molecule has 38 heavy (non-hydrogen) atoms. The van der Waals surface area contributed by atoms with Gasteiger partial charge >= 0.3 is 11.8 Å². The quantitative estimate of drug-likeness (QED) is 0.334. The van der Waals surface area contributed by atoms with Crippen LogP contribution in [0.4, 0.5) is 4.79 Å². The third kappa shape index (κ3) is 5.83. The van der Waals surface area contributed by atoms with Gasteiger partial charge in [-0.25, -0.2) is 9.59 Å². The number of hydrogen-bond donors (Lipinski definition) is 1. The highest BCUT2D eigenvalue weighted by molar-refractivity contribution is 5.75. The Bertz CT molecular complexity index is 1360. The molecule has 0 spiro atoms. The summed E-state index contributed by atoms with van der Waals surface area (Å²) in [4.78, 5) is 32.7. The Morgan fingerprint density at radius 3 is 2.05 bits per heavy atom. The van der Waals surface area contributed by atoms with Gasteiger partial charge in [-0.1, -0.05) is 72.8 Å². The summed E-state index contributed by atoms with van der Waals surface area (Å²) in [5.74, 6) is 0. The fraction of sp³-hybridized carbons (Fsp3) is 0.355. The molecule has 0 saturated carbocycles. The summed E-state index contributed by atoms with van der Waals surface area (Å²) in [6, 6.07) is 28.6. The topological polar surface area (TPSA) is 70.6 Å². The van der Waals surface area contributed by atoms with Crippen molar-refractivity contribution in [1.82, 2.24) is 19.4 Å². The van der Waals surface area contributed by atoms with Crippen LogP contribution in [0.1, 0.15) is 43.9 Å². The molecule has 2 heterocycles. The number of imidazole rings is 1. The van der Waals surface area contributed by atoms with Crippen molar-refractivity contribution in [2.45, 2.75) is 51.4 Å². The van der Waals surface area contributed by atoms with E-state index in [0.29, 0.717) is 25.9 Å². The number of nitrogens with one attached hydrogen (secondary N) is 1. The number of nitrogens with zero attached hydrogens (tertiary/aromatic N) is 3. The Hall–Kier alpha value is -3.84. The van der Waals surface area contributed by atoms with Crippen molar-refractivity contribution in [2.24, 2.45) is 0 Å². The average Bonchev–Trinajstić information content (AvgIpc) is 3.28. The van der Waals surface area contributed by atoms with Gasteiger partial charge in [0.25, 0.3) is 0 Å². The smallest absolute Gasteiger partial charge is 0.409 e. The predicted molar refractivity (Wildman–Crippen MR) is 150 cm³/mol. The number of aromatic amines is 1. The molecule has 198 valence electrons. The molecule has 7 heteroatoms. The summed E-state index contributed by atoms with van der Waals surface area (Å²) in [6.45, 7) is 7.17. The van der Waals surface area contributed by atoms with Crippen molar-refractivity contribution >= 4 is 17.1 Å². The van der Waals surface area contributed by atoms with Crippen molar-refractivity contribution < 1.29 is 9.53 Å². The van der Waals surface area contributed by atoms with Gasteiger partial charge in [0.15, 0.2) is 0 Å². The zero-order valence-corrected chi connectivity index (χ0v) is 22.2. The molecule has 0 bridgehead atoms. The lowest BCUT2D eigenvalue weighted by Gasteiger charge is -2.39. The monoisotopic (exact) mass is 512 g/mol. The average molecular weight is 513 g/mol. The van der Waals surface area contributed by atoms with Gasteiger partial charge in [-0.05, 0) is 49.9 Å². The molecule has 7 nitrogen and oxygen atoms in total. The number of carbonyl (C=O) groups excluding carboxylic acids is 1. The number of benzene rings is 3. The number of hydrogen-bond acceptors (Lipinski definition) is 4. The van der Waals surface area contributed by atoms with Gasteiger partial charge in [-0.15, -0.1) is 0 Å². The molecule has 0 unspecified atom stereocenters. The number of rotatable bonds is 8. The molecule has 1 aliphatic heterocycles. The first-order valence-electron chi connectivity index (χ1n) is 13.3. The Morgan fingerprint density at radius 2 is 1.45 bits per heavy atom. The first kappa shape index (κ1) is 25.8. The molecular formula is C31H36N4O3. The number of likely N-dealkylation sites (tertiary alicyclic amines) is 1. The maximum Gasteiger partial charge on any atom is 0.409 e. The summed E-state index contributed by atoms with van der Waals surface area (Å²) >= 11 is 0. The van der Waals surface area contributed by atoms with E-state index in [4.69, 9.17) is 4.74 Å². The number of aromatic nitrogens is 2. The number of piperidine rings is 1. The summed E-state index contributed by atoms with van der Waals surface area (Å²) in [7, 11) is 0. The van der Waals surface area contributed by atoms with Crippen molar-refractivity contribution in [2.75, 3.05) is 19.7 Å². The van der Waals surface area contributed by atoms with Crippen molar-refractivity contribution in [3.63, 3.8) is 0 Å². The minimum absolute atomic E-state index is 0.0615. The lowest BCUT2D eigenvalue weighted by Crippen LogP contribution is -2.48. The third-order valence-electron chi connectivity index (χ3n) is 7.55. The molecule has 0 aliphatic carbocycles. The van der Waals surface area contributed by atoms with Gasteiger partial charge in [0.2, 0.25) is 0 Å². The molecule has 0 radical (unpaired) electrons. The van der Waals surface area contributed by atoms with Crippen molar-refractivity contribution in [1.29, 1.82) is 0 Å². The van der Waals surface area contributed by atoms with E-state index < -0.39 is 0 Å². The summed E-state index contributed by atoms with van der Waals surface area (Å²) in [5, 5.41) is 0. The molecular weight excluding hydrogens is 476 g/mol. The lowest BCUT2D eigenvalue weighted by atomic mass is 10.0. The van der Waals surface area contributed by atoms with E-state index in [1.807, 2.05) is 41.0 Å². The molecule has 4 aromatic rings. The van der Waals surface area contributed by atoms with Crippen LogP contribution in [0, 0.1) is 0 Å². The van der Waals surface area contributed by atoms with Crippen LogP contribution in [-0.2, 0) is 17.8 Å². The number of para-hydroxylation sites is 2. The van der Waals surface area contributed by atoms with Crippen LogP contribution in [0.3, 0.4) is 0 Å². The number of amides is 1. The molecule has 1 aromatic heterocycles. The van der Waals surface area contributed by atoms with Crippen LogP contribution in [-0.4, -0.2) is 50.7 Å². The van der Waals surface area contributed by atoms with Gasteiger partial charge in [0, 0.05) is 32.2 Å². The lowest BCUT2D eigenvalue weighted by molar-refractivity contribution is 0.0140. The Kier molecular flexibility index (Phi) is 7.65. The molecule has 1 saturated heterocycles. The van der Waals surface area contributed by atoms with E-state index >= 15 is 0 Å². The molecule has 1 amide bonds. The van der Waals surface area contributed by atoms with E-state index in [9.17, 15) is 9.59 Å². The number of carbonyl (C=O) groups is 1. The summed E-state index contributed by atoms with van der Waals surface area (Å²) in [5.41, 5.74) is 3.73. The Labute approximate surface area is 223 Å². The first-order valence-corrected chi connectivity index (χ1v) is 13.3. The maximum atomic E-state index is 13.1. The van der Waals surface area contributed by atoms with Crippen LogP contribution in [0.5, 0.6) is 0 Å². The molecule has 1 N–H and O–H groups in total. The van der Waals surface area contributed by atoms with Gasteiger partial charge in [-0.3, -0.25) is 9.47 Å². The largest absolute Gasteiger partial charge is 0.447 e. The fourth-order valence-electron chi connectivity index (χ4n) is 5.26. The van der Waals surface area contributed by atoms with E-state index in [1.165, 1.54) is 11.1 Å². The zero-order chi connectivity index (χ0) is 26.5. The van der Waals surface area contributed by atoms with E-state index in [1.54, 1.807) is 4.90 Å². The Morgan fingerprint density at radius 1 is 0.895 bits per heavy atom. The second-order valence-electron chi connectivity index (χ2n) is 10.7. The molecule has 0 atom stereocenters. The van der Waals surface area contributed by atoms with E-state index in [-0.39, 0.29) is 30.0 Å². The van der Waals surface area contributed by atoms with E-state index in [2.05, 4.69) is 72.3 Å². The minimum atomic E-state index is -0.378. The fourth-order valence-corrected chi connectivity index (χ4v) is 5.26. The molecule has 3 aromatic carbocycles. The predicted octanol–water partition coefficient (Wildman–Crippen LogP) is 5.58. The van der Waals surface area contributed by atoms with E-state index in [0.717, 1.165) is 24.1 Å². The standard InChI is InChI=1S/C31H36N4O3/c1-31(2,34(21-24-11-5-3-6-12-24)22-25-13-7-4-8-14-25)23-38-30(37)33-19-17-26(18-20-33)35-28-16-10-9-15-27(28)32-29(35)36/h3-16,26H,17-23H2,1-2H3,(H,32,36). The maximum absolute atomic E-state index is 13.1. The summed E-state index contributed by atoms with van der Waals surface area (Å²) in [6.07, 6.45) is 1.14. The highest BCUT2D eigenvalue weighted by Crippen LogP contribution is 2.26. The van der Waals surface area contributed by atoms with Gasteiger partial charge in [-0.2, -0.15) is 0 Å². The number of H-pyrrole nitrogens is 1. The number of fused-ring (bicyclic) bond motifs is 1. The first-order chi connectivity index (χ1) is 18.4. The molecule has 1 fully saturated rings. The highest BCUT2D eigenvalue weighted by Gasteiger charge is 2.31.